The molecule has 0 radical (unpaired) electrons. The van der Waals surface area contributed by atoms with Crippen LogP contribution in [0.25, 0.3) is 0 Å². The number of hydrogen-bond acceptors (Lipinski definition) is 2. The van der Waals surface area contributed by atoms with E-state index in [1.54, 1.807) is 0 Å². The monoisotopic (exact) mass is 252 g/mol. The standard InChI is InChI=1S/C7H13IN2/c8-10-3-1-2-7(6-10)4-9-5-7/h9H,1-6H2. The van der Waals surface area contributed by atoms with Crippen molar-refractivity contribution in [3.05, 3.63) is 0 Å². The number of piperidine rings is 1. The third kappa shape index (κ3) is 1.19. The van der Waals surface area contributed by atoms with Crippen molar-refractivity contribution >= 4 is 22.9 Å². The van der Waals surface area contributed by atoms with Crippen LogP contribution in [0.2, 0.25) is 0 Å². The first-order chi connectivity index (χ1) is 4.81. The van der Waals surface area contributed by atoms with Crippen molar-refractivity contribution in [2.75, 3.05) is 26.2 Å². The van der Waals surface area contributed by atoms with Gasteiger partial charge in [-0.15, -0.1) is 0 Å². The summed E-state index contributed by atoms with van der Waals surface area (Å²) in [5.41, 5.74) is 0.680. The molecule has 10 heavy (non-hydrogen) atoms. The molecule has 2 aliphatic heterocycles. The number of nitrogens with zero attached hydrogens (tertiary/aromatic N) is 1. The Morgan fingerprint density at radius 2 is 2.20 bits per heavy atom. The number of nitrogens with one attached hydrogen (secondary N) is 1. The average Bonchev–Trinajstić information content (AvgIpc) is 1.85. The van der Waals surface area contributed by atoms with Crippen LogP contribution in [-0.2, 0) is 0 Å². The molecule has 2 heterocycles. The van der Waals surface area contributed by atoms with Crippen LogP contribution in [-0.4, -0.2) is 29.3 Å². The predicted molar refractivity (Wildman–Crippen MR) is 50.1 cm³/mol. The maximum atomic E-state index is 3.36. The fourth-order valence-electron chi connectivity index (χ4n) is 1.91. The van der Waals surface area contributed by atoms with Crippen molar-refractivity contribution in [3.8, 4) is 0 Å². The molecule has 0 unspecified atom stereocenters. The van der Waals surface area contributed by atoms with Gasteiger partial charge in [0.05, 0.1) is 0 Å². The molecule has 2 saturated heterocycles. The van der Waals surface area contributed by atoms with Gasteiger partial charge in [-0.25, -0.2) is 3.11 Å². The first-order valence-corrected chi connectivity index (χ1v) is 4.89. The molecule has 0 aromatic carbocycles. The first-order valence-electron chi connectivity index (χ1n) is 3.92. The zero-order valence-corrected chi connectivity index (χ0v) is 8.23. The van der Waals surface area contributed by atoms with Crippen molar-refractivity contribution in [2.45, 2.75) is 12.8 Å². The van der Waals surface area contributed by atoms with Crippen LogP contribution < -0.4 is 5.32 Å². The summed E-state index contributed by atoms with van der Waals surface area (Å²) in [6.45, 7) is 5.11. The van der Waals surface area contributed by atoms with Gasteiger partial charge >= 0.3 is 0 Å². The van der Waals surface area contributed by atoms with Gasteiger partial charge in [0, 0.05) is 54.5 Å². The van der Waals surface area contributed by atoms with Crippen LogP contribution in [0, 0.1) is 5.41 Å². The molecule has 1 spiro atoms. The summed E-state index contributed by atoms with van der Waals surface area (Å²) in [6, 6.07) is 0. The molecule has 0 saturated carbocycles. The van der Waals surface area contributed by atoms with Crippen LogP contribution >= 0.6 is 22.9 Å². The number of hydrogen-bond donors (Lipinski definition) is 1. The molecule has 58 valence electrons. The van der Waals surface area contributed by atoms with Crippen LogP contribution in [0.15, 0.2) is 0 Å². The van der Waals surface area contributed by atoms with Gasteiger partial charge in [-0.2, -0.15) is 0 Å². The van der Waals surface area contributed by atoms with E-state index in [9.17, 15) is 0 Å². The minimum Gasteiger partial charge on any atom is -0.315 e. The van der Waals surface area contributed by atoms with Crippen LogP contribution in [0.3, 0.4) is 0 Å². The highest BCUT2D eigenvalue weighted by Crippen LogP contribution is 2.34. The Hall–Kier alpha value is 0.650. The quantitative estimate of drug-likeness (QED) is 0.511. The Balaban J connectivity index is 1.96. The summed E-state index contributed by atoms with van der Waals surface area (Å²) in [5, 5.41) is 3.36. The normalized spacial score (nSPS) is 32.1. The SMILES string of the molecule is IN1CCCC2(CNC2)C1. The molecule has 0 aliphatic carbocycles. The zero-order chi connectivity index (χ0) is 7.03. The third-order valence-electron chi connectivity index (χ3n) is 2.61. The van der Waals surface area contributed by atoms with Crippen molar-refractivity contribution in [1.82, 2.24) is 8.43 Å². The topological polar surface area (TPSA) is 15.3 Å². The van der Waals surface area contributed by atoms with Gasteiger partial charge in [-0.1, -0.05) is 0 Å². The molecule has 3 heteroatoms. The first kappa shape index (κ1) is 7.31. The van der Waals surface area contributed by atoms with Gasteiger partial charge in [0.25, 0.3) is 0 Å². The summed E-state index contributed by atoms with van der Waals surface area (Å²) >= 11 is 2.44. The zero-order valence-electron chi connectivity index (χ0n) is 6.07. The van der Waals surface area contributed by atoms with E-state index in [0.717, 1.165) is 0 Å². The number of rotatable bonds is 0. The van der Waals surface area contributed by atoms with Gasteiger partial charge in [0.1, 0.15) is 0 Å². The highest BCUT2D eigenvalue weighted by atomic mass is 127. The molecule has 0 atom stereocenters. The molecule has 0 bridgehead atoms. The van der Waals surface area contributed by atoms with E-state index >= 15 is 0 Å². The van der Waals surface area contributed by atoms with E-state index in [1.165, 1.54) is 39.0 Å². The fraction of sp³-hybridized carbons (Fsp3) is 1.00. The second-order valence-electron chi connectivity index (χ2n) is 3.55. The lowest BCUT2D eigenvalue weighted by atomic mass is 9.76. The van der Waals surface area contributed by atoms with Crippen LogP contribution in [0.5, 0.6) is 0 Å². The van der Waals surface area contributed by atoms with E-state index in [2.05, 4.69) is 31.3 Å². The lowest BCUT2D eigenvalue weighted by Crippen LogP contribution is -2.59. The molecule has 2 nitrogen and oxygen atoms in total. The van der Waals surface area contributed by atoms with Gasteiger partial charge in [0.2, 0.25) is 0 Å². The maximum absolute atomic E-state index is 3.36. The molecule has 2 rings (SSSR count). The average molecular weight is 252 g/mol. The largest absolute Gasteiger partial charge is 0.315 e. The second-order valence-corrected chi connectivity index (χ2v) is 4.92. The Labute approximate surface area is 75.8 Å². The summed E-state index contributed by atoms with van der Waals surface area (Å²) in [4.78, 5) is 0. The molecule has 0 aromatic rings. The molecule has 1 N–H and O–H groups in total. The molecule has 0 aromatic heterocycles. The third-order valence-corrected chi connectivity index (χ3v) is 3.44. The smallest absolute Gasteiger partial charge is 0.0201 e. The predicted octanol–water partition coefficient (Wildman–Crippen LogP) is 1.02. The summed E-state index contributed by atoms with van der Waals surface area (Å²) in [6.07, 6.45) is 2.84. The Kier molecular flexibility index (Phi) is 1.90. The molecular formula is C7H13IN2. The van der Waals surface area contributed by atoms with E-state index in [4.69, 9.17) is 0 Å². The van der Waals surface area contributed by atoms with Crippen LogP contribution in [0.4, 0.5) is 0 Å². The Bertz CT molecular complexity index is 134. The minimum absolute atomic E-state index is 0.680. The maximum Gasteiger partial charge on any atom is 0.0201 e. The Morgan fingerprint density at radius 1 is 1.40 bits per heavy atom. The van der Waals surface area contributed by atoms with E-state index in [-0.39, 0.29) is 0 Å². The molecular weight excluding hydrogens is 239 g/mol. The second kappa shape index (κ2) is 2.60. The van der Waals surface area contributed by atoms with Gasteiger partial charge in [-0.05, 0) is 12.8 Å². The van der Waals surface area contributed by atoms with Crippen LogP contribution in [0.1, 0.15) is 12.8 Å². The van der Waals surface area contributed by atoms with Crippen molar-refractivity contribution < 1.29 is 0 Å². The lowest BCUT2D eigenvalue weighted by Gasteiger charge is -2.47. The van der Waals surface area contributed by atoms with E-state index in [1.807, 2.05) is 0 Å². The Morgan fingerprint density at radius 3 is 2.60 bits per heavy atom. The summed E-state index contributed by atoms with van der Waals surface area (Å²) in [5.74, 6) is 0. The van der Waals surface area contributed by atoms with Crippen molar-refractivity contribution in [1.29, 1.82) is 0 Å². The van der Waals surface area contributed by atoms with E-state index < -0.39 is 0 Å². The number of halogens is 1. The molecule has 2 fully saturated rings. The van der Waals surface area contributed by atoms with Gasteiger partial charge in [0.15, 0.2) is 0 Å². The van der Waals surface area contributed by atoms with Crippen molar-refractivity contribution in [2.24, 2.45) is 5.41 Å². The van der Waals surface area contributed by atoms with Gasteiger partial charge in [-0.3, -0.25) is 0 Å². The molecule has 0 amide bonds. The summed E-state index contributed by atoms with van der Waals surface area (Å²) in [7, 11) is 0. The lowest BCUT2D eigenvalue weighted by molar-refractivity contribution is 0.0938. The minimum atomic E-state index is 0.680. The summed E-state index contributed by atoms with van der Waals surface area (Å²) < 4.78 is 2.43. The highest BCUT2D eigenvalue weighted by molar-refractivity contribution is 14.1. The highest BCUT2D eigenvalue weighted by Gasteiger charge is 2.39. The molecule has 2 aliphatic rings. The van der Waals surface area contributed by atoms with Crippen molar-refractivity contribution in [3.63, 3.8) is 0 Å². The fourth-order valence-corrected chi connectivity index (χ4v) is 2.98. The van der Waals surface area contributed by atoms with Gasteiger partial charge < -0.3 is 5.32 Å². The van der Waals surface area contributed by atoms with E-state index in [0.29, 0.717) is 5.41 Å².